The number of nitrogen functional groups attached to an aromatic ring is 1. The number of nitrogens with zero attached hydrogens (tertiary/aromatic N) is 2. The molecule has 0 spiro atoms. The van der Waals surface area contributed by atoms with E-state index in [1.807, 2.05) is 13.8 Å². The van der Waals surface area contributed by atoms with E-state index in [0.717, 1.165) is 22.4 Å². The van der Waals surface area contributed by atoms with Crippen molar-refractivity contribution in [2.24, 2.45) is 0 Å². The highest BCUT2D eigenvalue weighted by Crippen LogP contribution is 2.29. The summed E-state index contributed by atoms with van der Waals surface area (Å²) in [6, 6.07) is 5.29. The van der Waals surface area contributed by atoms with Gasteiger partial charge in [-0.3, -0.25) is 0 Å². The van der Waals surface area contributed by atoms with Crippen LogP contribution in [0, 0.1) is 13.8 Å². The van der Waals surface area contributed by atoms with Gasteiger partial charge in [-0.25, -0.2) is 0 Å². The maximum Gasteiger partial charge on any atom is 0.149 e. The second kappa shape index (κ2) is 4.51. The molecule has 0 aliphatic carbocycles. The molecule has 0 aliphatic heterocycles. The van der Waals surface area contributed by atoms with Crippen LogP contribution in [0.2, 0.25) is 10.0 Å². The number of aromatic nitrogens is 2. The Morgan fingerprint density at radius 3 is 2.12 bits per heavy atom. The molecule has 2 rings (SSSR count). The highest BCUT2D eigenvalue weighted by Gasteiger charge is 2.10. The molecule has 2 N–H and O–H groups in total. The average molecular weight is 268 g/mol. The minimum absolute atomic E-state index is 0.444. The molecule has 17 heavy (non-hydrogen) atoms. The molecular weight excluding hydrogens is 257 g/mol. The number of rotatable bonds is 1. The minimum atomic E-state index is 0.444. The Kier molecular flexibility index (Phi) is 3.22. The number of halogens is 2. The van der Waals surface area contributed by atoms with Crippen LogP contribution in [-0.2, 0) is 0 Å². The van der Waals surface area contributed by atoms with Crippen LogP contribution in [0.15, 0.2) is 18.2 Å². The zero-order valence-corrected chi connectivity index (χ0v) is 11.0. The van der Waals surface area contributed by atoms with Gasteiger partial charge in [-0.15, -0.1) is 10.2 Å². The highest BCUT2D eigenvalue weighted by molar-refractivity contribution is 6.35. The van der Waals surface area contributed by atoms with E-state index in [9.17, 15) is 0 Å². The van der Waals surface area contributed by atoms with Crippen LogP contribution < -0.4 is 5.73 Å². The van der Waals surface area contributed by atoms with Crippen LogP contribution in [-0.4, -0.2) is 10.2 Å². The van der Waals surface area contributed by atoms with E-state index in [0.29, 0.717) is 15.9 Å². The van der Waals surface area contributed by atoms with E-state index >= 15 is 0 Å². The fraction of sp³-hybridized carbons (Fsp3) is 0.167. The monoisotopic (exact) mass is 267 g/mol. The Balaban J connectivity index is 2.64. The van der Waals surface area contributed by atoms with Crippen LogP contribution >= 0.6 is 23.2 Å². The van der Waals surface area contributed by atoms with Gasteiger partial charge in [-0.1, -0.05) is 23.2 Å². The van der Waals surface area contributed by atoms with Gasteiger partial charge >= 0.3 is 0 Å². The zero-order valence-electron chi connectivity index (χ0n) is 9.46. The Hall–Kier alpha value is -1.32. The van der Waals surface area contributed by atoms with Gasteiger partial charge in [0.1, 0.15) is 5.82 Å². The van der Waals surface area contributed by atoms with Crippen molar-refractivity contribution in [2.45, 2.75) is 13.8 Å². The van der Waals surface area contributed by atoms with Crippen LogP contribution in [0.1, 0.15) is 11.1 Å². The Bertz CT molecular complexity index is 562. The molecule has 0 atom stereocenters. The predicted octanol–water partition coefficient (Wildman–Crippen LogP) is 3.65. The Morgan fingerprint density at radius 2 is 1.53 bits per heavy atom. The lowest BCUT2D eigenvalue weighted by atomic mass is 10.0. The maximum atomic E-state index is 5.97. The van der Waals surface area contributed by atoms with Gasteiger partial charge in [-0.2, -0.15) is 0 Å². The molecule has 0 aliphatic rings. The molecule has 0 unspecified atom stereocenters. The van der Waals surface area contributed by atoms with Crippen LogP contribution in [0.5, 0.6) is 0 Å². The summed E-state index contributed by atoms with van der Waals surface area (Å²) in [5.41, 5.74) is 9.20. The fourth-order valence-corrected chi connectivity index (χ4v) is 2.11. The average Bonchev–Trinajstić information content (AvgIpc) is 2.24. The molecule has 88 valence electrons. The van der Waals surface area contributed by atoms with Crippen molar-refractivity contribution in [1.82, 2.24) is 10.2 Å². The molecule has 2 aromatic rings. The molecule has 1 aromatic heterocycles. The topological polar surface area (TPSA) is 51.8 Å². The van der Waals surface area contributed by atoms with Crippen LogP contribution in [0.25, 0.3) is 11.3 Å². The maximum absolute atomic E-state index is 5.97. The van der Waals surface area contributed by atoms with E-state index in [-0.39, 0.29) is 0 Å². The lowest BCUT2D eigenvalue weighted by Crippen LogP contribution is -2.02. The SMILES string of the molecule is Cc1c(N)nnc(-c2cc(Cl)cc(Cl)c2)c1C. The molecule has 5 heteroatoms. The number of benzene rings is 1. The first kappa shape index (κ1) is 12.1. The second-order valence-corrected chi connectivity index (χ2v) is 4.71. The van der Waals surface area contributed by atoms with E-state index in [1.54, 1.807) is 18.2 Å². The molecule has 0 bridgehead atoms. The normalized spacial score (nSPS) is 10.6. The van der Waals surface area contributed by atoms with Crippen LogP contribution in [0.3, 0.4) is 0 Å². The lowest BCUT2D eigenvalue weighted by Gasteiger charge is -2.09. The third-order valence-electron chi connectivity index (χ3n) is 2.70. The Labute approximate surface area is 110 Å². The summed E-state index contributed by atoms with van der Waals surface area (Å²) < 4.78 is 0. The fourth-order valence-electron chi connectivity index (χ4n) is 1.59. The summed E-state index contributed by atoms with van der Waals surface area (Å²) in [4.78, 5) is 0. The quantitative estimate of drug-likeness (QED) is 0.858. The molecular formula is C12H11Cl2N3. The van der Waals surface area contributed by atoms with Crippen molar-refractivity contribution >= 4 is 29.0 Å². The number of hydrogen-bond acceptors (Lipinski definition) is 3. The third kappa shape index (κ3) is 2.35. The van der Waals surface area contributed by atoms with E-state index in [4.69, 9.17) is 28.9 Å². The second-order valence-electron chi connectivity index (χ2n) is 3.84. The molecule has 0 radical (unpaired) electrons. The molecule has 0 saturated carbocycles. The largest absolute Gasteiger partial charge is 0.382 e. The van der Waals surface area contributed by atoms with Gasteiger partial charge in [0.05, 0.1) is 5.69 Å². The number of anilines is 1. The van der Waals surface area contributed by atoms with Crippen molar-refractivity contribution in [3.8, 4) is 11.3 Å². The van der Waals surface area contributed by atoms with E-state index in [1.165, 1.54) is 0 Å². The third-order valence-corrected chi connectivity index (χ3v) is 3.13. The van der Waals surface area contributed by atoms with E-state index in [2.05, 4.69) is 10.2 Å². The first-order valence-electron chi connectivity index (χ1n) is 5.05. The summed E-state index contributed by atoms with van der Waals surface area (Å²) in [6.45, 7) is 3.86. The van der Waals surface area contributed by atoms with Gasteiger partial charge in [0.2, 0.25) is 0 Å². The van der Waals surface area contributed by atoms with Gasteiger partial charge in [0, 0.05) is 15.6 Å². The van der Waals surface area contributed by atoms with Gasteiger partial charge < -0.3 is 5.73 Å². The molecule has 0 amide bonds. The van der Waals surface area contributed by atoms with Crippen molar-refractivity contribution in [2.75, 3.05) is 5.73 Å². The first-order chi connectivity index (χ1) is 7.99. The first-order valence-corrected chi connectivity index (χ1v) is 5.80. The van der Waals surface area contributed by atoms with Gasteiger partial charge in [0.25, 0.3) is 0 Å². The molecule has 3 nitrogen and oxygen atoms in total. The molecule has 1 aromatic carbocycles. The van der Waals surface area contributed by atoms with Crippen LogP contribution in [0.4, 0.5) is 5.82 Å². The standard InChI is InChI=1S/C12H11Cl2N3/c1-6-7(2)12(15)17-16-11(6)8-3-9(13)5-10(14)4-8/h3-5H,1-2H3,(H2,15,17). The number of nitrogens with two attached hydrogens (primary N) is 1. The van der Waals surface area contributed by atoms with Gasteiger partial charge in [-0.05, 0) is 43.2 Å². The summed E-state index contributed by atoms with van der Waals surface area (Å²) >= 11 is 11.9. The molecule has 1 heterocycles. The lowest BCUT2D eigenvalue weighted by molar-refractivity contribution is 1.01. The van der Waals surface area contributed by atoms with E-state index < -0.39 is 0 Å². The smallest absolute Gasteiger partial charge is 0.149 e. The summed E-state index contributed by atoms with van der Waals surface area (Å²) in [7, 11) is 0. The minimum Gasteiger partial charge on any atom is -0.382 e. The zero-order chi connectivity index (χ0) is 12.6. The molecule has 0 saturated heterocycles. The summed E-state index contributed by atoms with van der Waals surface area (Å²) in [6.07, 6.45) is 0. The Morgan fingerprint density at radius 1 is 0.941 bits per heavy atom. The summed E-state index contributed by atoms with van der Waals surface area (Å²) in [5.74, 6) is 0.444. The van der Waals surface area contributed by atoms with Crippen molar-refractivity contribution in [3.05, 3.63) is 39.4 Å². The van der Waals surface area contributed by atoms with Gasteiger partial charge in [0.15, 0.2) is 0 Å². The number of hydrogen-bond donors (Lipinski definition) is 1. The van der Waals surface area contributed by atoms with Crippen molar-refractivity contribution in [1.29, 1.82) is 0 Å². The molecule has 0 fully saturated rings. The summed E-state index contributed by atoms with van der Waals surface area (Å²) in [5, 5.41) is 9.16. The highest BCUT2D eigenvalue weighted by atomic mass is 35.5. The van der Waals surface area contributed by atoms with Crippen molar-refractivity contribution < 1.29 is 0 Å². The predicted molar refractivity (Wildman–Crippen MR) is 71.4 cm³/mol. The van der Waals surface area contributed by atoms with Crippen molar-refractivity contribution in [3.63, 3.8) is 0 Å².